The van der Waals surface area contributed by atoms with Crippen LogP contribution < -0.4 is 9.64 Å². The SMILES string of the molecule is CCOc1ccc(N2C(=O)[C@@H]3[C@@H](N=NN3Cc3cccc(Cl)c3)C2=O)cc1. The number of anilines is 1. The van der Waals surface area contributed by atoms with Gasteiger partial charge in [0.1, 0.15) is 5.75 Å². The first-order valence-corrected chi connectivity index (χ1v) is 8.99. The van der Waals surface area contributed by atoms with Gasteiger partial charge in [-0.2, -0.15) is 5.11 Å². The van der Waals surface area contributed by atoms with Crippen LogP contribution in [-0.4, -0.2) is 35.5 Å². The second-order valence-corrected chi connectivity index (χ2v) is 6.70. The summed E-state index contributed by atoms with van der Waals surface area (Å²) in [6.07, 6.45) is 0. The number of fused-ring (bicyclic) bond motifs is 1. The highest BCUT2D eigenvalue weighted by molar-refractivity contribution is 6.30. The lowest BCUT2D eigenvalue weighted by Crippen LogP contribution is -2.39. The maximum atomic E-state index is 13.0. The molecular weight excluding hydrogens is 368 g/mol. The summed E-state index contributed by atoms with van der Waals surface area (Å²) in [4.78, 5) is 26.9. The van der Waals surface area contributed by atoms with Crippen molar-refractivity contribution in [1.82, 2.24) is 5.01 Å². The average molecular weight is 385 g/mol. The summed E-state index contributed by atoms with van der Waals surface area (Å²) in [5.41, 5.74) is 1.39. The molecule has 2 heterocycles. The Morgan fingerprint density at radius 2 is 1.89 bits per heavy atom. The third-order valence-corrected chi connectivity index (χ3v) is 4.73. The van der Waals surface area contributed by atoms with Crippen molar-refractivity contribution in [2.45, 2.75) is 25.6 Å². The van der Waals surface area contributed by atoms with E-state index in [1.807, 2.05) is 19.1 Å². The van der Waals surface area contributed by atoms with E-state index in [9.17, 15) is 9.59 Å². The lowest BCUT2D eigenvalue weighted by molar-refractivity contribution is -0.123. The molecule has 8 heteroatoms. The van der Waals surface area contributed by atoms with E-state index in [2.05, 4.69) is 10.3 Å². The van der Waals surface area contributed by atoms with Crippen LogP contribution in [-0.2, 0) is 16.1 Å². The Labute approximate surface area is 161 Å². The molecule has 2 amide bonds. The monoisotopic (exact) mass is 384 g/mol. The number of nitrogens with zero attached hydrogens (tertiary/aromatic N) is 4. The molecule has 0 aliphatic carbocycles. The molecule has 2 aromatic carbocycles. The second-order valence-electron chi connectivity index (χ2n) is 6.26. The van der Waals surface area contributed by atoms with Crippen LogP contribution >= 0.6 is 11.6 Å². The largest absolute Gasteiger partial charge is 0.494 e. The van der Waals surface area contributed by atoms with Crippen LogP contribution in [0, 0.1) is 0 Å². The van der Waals surface area contributed by atoms with Crippen molar-refractivity contribution in [3.05, 3.63) is 59.1 Å². The highest BCUT2D eigenvalue weighted by atomic mass is 35.5. The first-order chi connectivity index (χ1) is 13.1. The topological polar surface area (TPSA) is 74.6 Å². The summed E-state index contributed by atoms with van der Waals surface area (Å²) in [6, 6.07) is 12.6. The number of halogens is 1. The van der Waals surface area contributed by atoms with Crippen molar-refractivity contribution in [2.24, 2.45) is 10.3 Å². The molecule has 4 rings (SSSR count). The van der Waals surface area contributed by atoms with E-state index in [1.165, 1.54) is 4.90 Å². The third-order valence-electron chi connectivity index (χ3n) is 4.50. The number of rotatable bonds is 5. The van der Waals surface area contributed by atoms with Crippen LogP contribution in [0.1, 0.15) is 12.5 Å². The molecule has 27 heavy (non-hydrogen) atoms. The Morgan fingerprint density at radius 1 is 1.11 bits per heavy atom. The number of hydrogen-bond donors (Lipinski definition) is 0. The maximum Gasteiger partial charge on any atom is 0.263 e. The van der Waals surface area contributed by atoms with Gasteiger partial charge >= 0.3 is 0 Å². The van der Waals surface area contributed by atoms with E-state index in [0.717, 1.165) is 5.56 Å². The highest BCUT2D eigenvalue weighted by Gasteiger charge is 2.54. The molecule has 1 saturated heterocycles. The third kappa shape index (κ3) is 3.14. The minimum absolute atomic E-state index is 0.332. The van der Waals surface area contributed by atoms with Gasteiger partial charge in [0.25, 0.3) is 11.8 Å². The number of imide groups is 1. The lowest BCUT2D eigenvalue weighted by Gasteiger charge is -2.20. The fraction of sp³-hybridized carbons (Fsp3) is 0.263. The molecule has 0 N–H and O–H groups in total. The Hall–Kier alpha value is -2.93. The summed E-state index contributed by atoms with van der Waals surface area (Å²) in [7, 11) is 0. The van der Waals surface area contributed by atoms with Gasteiger partial charge in [0.2, 0.25) is 0 Å². The van der Waals surface area contributed by atoms with Crippen molar-refractivity contribution in [3.63, 3.8) is 0 Å². The van der Waals surface area contributed by atoms with Gasteiger partial charge in [-0.1, -0.05) is 29.0 Å². The molecule has 0 saturated carbocycles. The van der Waals surface area contributed by atoms with Crippen LogP contribution in [0.15, 0.2) is 58.9 Å². The quantitative estimate of drug-likeness (QED) is 0.742. The Kier molecular flexibility index (Phi) is 4.53. The summed E-state index contributed by atoms with van der Waals surface area (Å²) >= 11 is 6.02. The zero-order valence-electron chi connectivity index (χ0n) is 14.6. The summed E-state index contributed by atoms with van der Waals surface area (Å²) in [5.74, 6) is -0.0181. The van der Waals surface area contributed by atoms with Gasteiger partial charge in [-0.15, -0.1) is 0 Å². The zero-order chi connectivity index (χ0) is 19.0. The van der Waals surface area contributed by atoms with Crippen LogP contribution in [0.25, 0.3) is 0 Å². The smallest absolute Gasteiger partial charge is 0.263 e. The number of carbonyl (C=O) groups is 2. The Morgan fingerprint density at radius 3 is 2.59 bits per heavy atom. The van der Waals surface area contributed by atoms with Crippen molar-refractivity contribution < 1.29 is 14.3 Å². The number of ether oxygens (including phenoxy) is 1. The zero-order valence-corrected chi connectivity index (χ0v) is 15.3. The predicted molar refractivity (Wildman–Crippen MR) is 99.5 cm³/mol. The summed E-state index contributed by atoms with van der Waals surface area (Å²) in [5, 5.41) is 10.2. The standard InChI is InChI=1S/C19H17ClN4O3/c1-2-27-15-8-6-14(7-9-15)24-18(25)16-17(19(24)26)23(22-21-16)11-12-4-3-5-13(20)10-12/h3-10,16-17H,2,11H2,1H3/t16-,17+/m1/s1. The summed E-state index contributed by atoms with van der Waals surface area (Å²) in [6.45, 7) is 2.79. The van der Waals surface area contributed by atoms with E-state index < -0.39 is 12.1 Å². The molecular formula is C19H17ClN4O3. The van der Waals surface area contributed by atoms with E-state index in [-0.39, 0.29) is 11.8 Å². The van der Waals surface area contributed by atoms with Gasteiger partial charge < -0.3 is 4.74 Å². The van der Waals surface area contributed by atoms with Gasteiger partial charge in [-0.3, -0.25) is 14.6 Å². The van der Waals surface area contributed by atoms with Gasteiger partial charge in [-0.25, -0.2) is 4.90 Å². The van der Waals surface area contributed by atoms with Gasteiger partial charge in [-0.05, 0) is 48.9 Å². The lowest BCUT2D eigenvalue weighted by atomic mass is 10.1. The molecule has 2 atom stereocenters. The van der Waals surface area contributed by atoms with Gasteiger partial charge in [0.15, 0.2) is 12.1 Å². The van der Waals surface area contributed by atoms with Crippen LogP contribution in [0.4, 0.5) is 5.69 Å². The molecule has 0 aromatic heterocycles. The van der Waals surface area contributed by atoms with Crippen molar-refractivity contribution >= 4 is 29.1 Å². The predicted octanol–water partition coefficient (Wildman–Crippen LogP) is 3.23. The minimum atomic E-state index is -0.816. The molecule has 0 bridgehead atoms. The van der Waals surface area contributed by atoms with Crippen molar-refractivity contribution in [3.8, 4) is 5.75 Å². The van der Waals surface area contributed by atoms with Gasteiger partial charge in [0, 0.05) is 5.02 Å². The summed E-state index contributed by atoms with van der Waals surface area (Å²) < 4.78 is 5.40. The molecule has 0 radical (unpaired) electrons. The van der Waals surface area contributed by atoms with E-state index >= 15 is 0 Å². The van der Waals surface area contributed by atoms with E-state index in [1.54, 1.807) is 41.4 Å². The van der Waals surface area contributed by atoms with Gasteiger partial charge in [0.05, 0.1) is 18.8 Å². The van der Waals surface area contributed by atoms with Crippen LogP contribution in [0.5, 0.6) is 5.75 Å². The Bertz CT molecular complexity index is 915. The first kappa shape index (κ1) is 17.5. The fourth-order valence-electron chi connectivity index (χ4n) is 3.29. The van der Waals surface area contributed by atoms with Crippen molar-refractivity contribution in [1.29, 1.82) is 0 Å². The first-order valence-electron chi connectivity index (χ1n) is 8.61. The molecule has 2 aromatic rings. The maximum absolute atomic E-state index is 13.0. The van der Waals surface area contributed by atoms with E-state index in [0.29, 0.717) is 29.6 Å². The van der Waals surface area contributed by atoms with Crippen molar-refractivity contribution in [2.75, 3.05) is 11.5 Å². The molecule has 0 unspecified atom stereocenters. The number of benzene rings is 2. The number of hydrogen-bond acceptors (Lipinski definition) is 6. The minimum Gasteiger partial charge on any atom is -0.494 e. The molecule has 2 aliphatic rings. The second kappa shape index (κ2) is 7.00. The average Bonchev–Trinajstić information content (AvgIpc) is 3.17. The Balaban J connectivity index is 1.56. The molecule has 7 nitrogen and oxygen atoms in total. The molecule has 138 valence electrons. The number of amides is 2. The number of carbonyl (C=O) groups excluding carboxylic acids is 2. The van der Waals surface area contributed by atoms with E-state index in [4.69, 9.17) is 16.3 Å². The van der Waals surface area contributed by atoms with Crippen LogP contribution in [0.2, 0.25) is 5.02 Å². The molecule has 2 aliphatic heterocycles. The molecule has 1 fully saturated rings. The normalized spacial score (nSPS) is 21.1. The molecule has 0 spiro atoms. The fourth-order valence-corrected chi connectivity index (χ4v) is 3.50. The highest BCUT2D eigenvalue weighted by Crippen LogP contribution is 2.33. The van der Waals surface area contributed by atoms with Crippen LogP contribution in [0.3, 0.4) is 0 Å².